The maximum absolute atomic E-state index is 12.2. The number of alkyl halides is 3. The molecule has 1 aromatic heterocycles. The van der Waals surface area contributed by atoms with E-state index in [2.05, 4.69) is 14.2 Å². The van der Waals surface area contributed by atoms with Crippen molar-refractivity contribution in [3.05, 3.63) is 30.6 Å². The molecule has 0 fully saturated rings. The van der Waals surface area contributed by atoms with Crippen LogP contribution in [0.1, 0.15) is 0 Å². The predicted molar refractivity (Wildman–Crippen MR) is 55.1 cm³/mol. The minimum atomic E-state index is -5.73. The monoisotopic (exact) mass is 278 g/mol. The molecule has 0 radical (unpaired) electrons. The van der Waals surface area contributed by atoms with Crippen LogP contribution in [0.3, 0.4) is 0 Å². The summed E-state index contributed by atoms with van der Waals surface area (Å²) in [5.41, 5.74) is -5.22. The second-order valence-electron chi connectivity index (χ2n) is 3.18. The lowest BCUT2D eigenvalue weighted by Crippen LogP contribution is -2.28. The van der Waals surface area contributed by atoms with Crippen molar-refractivity contribution >= 4 is 21.0 Å². The van der Waals surface area contributed by atoms with Crippen molar-refractivity contribution in [3.8, 4) is 5.88 Å². The van der Waals surface area contributed by atoms with Gasteiger partial charge in [0.2, 0.25) is 5.88 Å². The fourth-order valence-corrected chi connectivity index (χ4v) is 1.63. The molecule has 0 aliphatic rings. The van der Waals surface area contributed by atoms with E-state index in [0.717, 1.165) is 6.33 Å². The van der Waals surface area contributed by atoms with Gasteiger partial charge in [0.15, 0.2) is 0 Å². The third-order valence-corrected chi connectivity index (χ3v) is 2.92. The molecule has 18 heavy (non-hydrogen) atoms. The van der Waals surface area contributed by atoms with Crippen LogP contribution in [0.5, 0.6) is 5.88 Å². The molecule has 0 N–H and O–H groups in total. The normalized spacial score (nSPS) is 12.6. The van der Waals surface area contributed by atoms with Gasteiger partial charge in [0.25, 0.3) is 0 Å². The molecular formula is C9H5F3N2O3S. The van der Waals surface area contributed by atoms with E-state index >= 15 is 0 Å². The number of rotatable bonds is 2. The van der Waals surface area contributed by atoms with Gasteiger partial charge in [-0.1, -0.05) is 12.1 Å². The highest BCUT2D eigenvalue weighted by Crippen LogP contribution is 2.29. The highest BCUT2D eigenvalue weighted by Gasteiger charge is 2.49. The lowest BCUT2D eigenvalue weighted by Gasteiger charge is -2.09. The van der Waals surface area contributed by atoms with Gasteiger partial charge >= 0.3 is 15.6 Å². The topological polar surface area (TPSA) is 69.2 Å². The number of para-hydroxylation sites is 1. The average Bonchev–Trinajstić information content (AvgIpc) is 2.27. The van der Waals surface area contributed by atoms with Gasteiger partial charge in [-0.3, -0.25) is 0 Å². The lowest BCUT2D eigenvalue weighted by atomic mass is 10.2. The van der Waals surface area contributed by atoms with Crippen molar-refractivity contribution < 1.29 is 25.8 Å². The Kier molecular flexibility index (Phi) is 2.85. The zero-order valence-electron chi connectivity index (χ0n) is 8.55. The largest absolute Gasteiger partial charge is 0.534 e. The van der Waals surface area contributed by atoms with Gasteiger partial charge in [-0.15, -0.1) is 0 Å². The van der Waals surface area contributed by atoms with E-state index < -0.39 is 21.5 Å². The highest BCUT2D eigenvalue weighted by molar-refractivity contribution is 7.88. The van der Waals surface area contributed by atoms with E-state index in [-0.39, 0.29) is 10.9 Å². The second-order valence-corrected chi connectivity index (χ2v) is 4.72. The third kappa shape index (κ3) is 2.21. The summed E-state index contributed by atoms with van der Waals surface area (Å²) in [4.78, 5) is 7.16. The van der Waals surface area contributed by atoms with E-state index in [9.17, 15) is 21.6 Å². The first-order chi connectivity index (χ1) is 8.31. The van der Waals surface area contributed by atoms with Crippen LogP contribution in [0.4, 0.5) is 13.2 Å². The molecule has 0 aliphatic heterocycles. The summed E-state index contributed by atoms with van der Waals surface area (Å²) < 4.78 is 62.2. The van der Waals surface area contributed by atoms with Gasteiger partial charge in [-0.2, -0.15) is 21.6 Å². The van der Waals surface area contributed by atoms with Gasteiger partial charge in [-0.25, -0.2) is 9.97 Å². The van der Waals surface area contributed by atoms with E-state index in [1.807, 2.05) is 0 Å². The fourth-order valence-electron chi connectivity index (χ4n) is 1.20. The van der Waals surface area contributed by atoms with E-state index in [1.165, 1.54) is 18.2 Å². The molecule has 2 rings (SSSR count). The molecule has 9 heteroatoms. The van der Waals surface area contributed by atoms with Crippen molar-refractivity contribution in [2.75, 3.05) is 0 Å². The van der Waals surface area contributed by atoms with Crippen LogP contribution in [-0.2, 0) is 10.1 Å². The average molecular weight is 278 g/mol. The summed E-state index contributed by atoms with van der Waals surface area (Å²) in [5, 5.41) is 0.0767. The lowest BCUT2D eigenvalue weighted by molar-refractivity contribution is -0.0500. The molecule has 1 heterocycles. The molecule has 96 valence electrons. The minimum Gasteiger partial charge on any atom is -0.354 e. The predicted octanol–water partition coefficient (Wildman–Crippen LogP) is 1.86. The first-order valence-electron chi connectivity index (χ1n) is 4.52. The smallest absolute Gasteiger partial charge is 0.354 e. The number of halogens is 3. The summed E-state index contributed by atoms with van der Waals surface area (Å²) >= 11 is 0. The number of hydrogen-bond acceptors (Lipinski definition) is 5. The number of benzene rings is 1. The number of nitrogens with zero attached hydrogens (tertiary/aromatic N) is 2. The fraction of sp³-hybridized carbons (Fsp3) is 0.111. The maximum Gasteiger partial charge on any atom is 0.534 e. The minimum absolute atomic E-state index is 0.0767. The summed E-state index contributed by atoms with van der Waals surface area (Å²) in [6.45, 7) is 0. The Bertz CT molecular complexity index is 680. The standard InChI is InChI=1S/C9H5F3N2O3S/c10-9(11,12)18(15,16)17-8-6-3-1-2-4-7(6)13-5-14-8/h1-5H. The first kappa shape index (κ1) is 12.6. The van der Waals surface area contributed by atoms with E-state index in [4.69, 9.17) is 0 Å². The molecule has 0 unspecified atom stereocenters. The van der Waals surface area contributed by atoms with E-state index in [0.29, 0.717) is 0 Å². The second kappa shape index (κ2) is 4.09. The van der Waals surface area contributed by atoms with Crippen molar-refractivity contribution in [1.82, 2.24) is 9.97 Å². The first-order valence-corrected chi connectivity index (χ1v) is 5.92. The van der Waals surface area contributed by atoms with E-state index in [1.54, 1.807) is 6.07 Å². The van der Waals surface area contributed by atoms with Crippen LogP contribution in [-0.4, -0.2) is 23.9 Å². The Morgan fingerprint density at radius 1 is 1.11 bits per heavy atom. The molecule has 0 saturated carbocycles. The molecule has 0 atom stereocenters. The summed E-state index contributed by atoms with van der Waals surface area (Å²) in [6.07, 6.45) is 0.920. The highest BCUT2D eigenvalue weighted by atomic mass is 32.2. The summed E-state index contributed by atoms with van der Waals surface area (Å²) in [6, 6.07) is 5.94. The summed E-state index contributed by atoms with van der Waals surface area (Å²) in [7, 11) is -5.73. The Labute approximate surface area is 99.4 Å². The molecule has 0 saturated heterocycles. The zero-order chi connectivity index (χ0) is 13.4. The van der Waals surface area contributed by atoms with Crippen molar-refractivity contribution in [2.45, 2.75) is 5.51 Å². The van der Waals surface area contributed by atoms with Gasteiger partial charge in [0.1, 0.15) is 6.33 Å². The number of fused-ring (bicyclic) bond motifs is 1. The van der Waals surface area contributed by atoms with Crippen LogP contribution in [0, 0.1) is 0 Å². The molecule has 5 nitrogen and oxygen atoms in total. The van der Waals surface area contributed by atoms with Gasteiger partial charge in [0, 0.05) is 0 Å². The van der Waals surface area contributed by atoms with Crippen LogP contribution < -0.4 is 4.18 Å². The Morgan fingerprint density at radius 3 is 2.44 bits per heavy atom. The van der Waals surface area contributed by atoms with Crippen LogP contribution in [0.2, 0.25) is 0 Å². The van der Waals surface area contributed by atoms with Crippen molar-refractivity contribution in [1.29, 1.82) is 0 Å². The Balaban J connectivity index is 2.51. The Morgan fingerprint density at radius 2 is 1.78 bits per heavy atom. The maximum atomic E-state index is 12.2. The molecule has 0 aliphatic carbocycles. The zero-order valence-corrected chi connectivity index (χ0v) is 9.36. The molecule has 1 aromatic carbocycles. The van der Waals surface area contributed by atoms with Gasteiger partial charge < -0.3 is 4.18 Å². The third-order valence-electron chi connectivity index (χ3n) is 1.98. The van der Waals surface area contributed by atoms with Crippen LogP contribution in [0.25, 0.3) is 10.9 Å². The molecular weight excluding hydrogens is 273 g/mol. The number of hydrogen-bond donors (Lipinski definition) is 0. The molecule has 2 aromatic rings. The SMILES string of the molecule is O=S(=O)(Oc1ncnc2ccccc12)C(F)(F)F. The quantitative estimate of drug-likeness (QED) is 0.619. The van der Waals surface area contributed by atoms with Crippen molar-refractivity contribution in [3.63, 3.8) is 0 Å². The Hall–Kier alpha value is -1.90. The van der Waals surface area contributed by atoms with Crippen LogP contribution in [0.15, 0.2) is 30.6 Å². The van der Waals surface area contributed by atoms with Crippen molar-refractivity contribution in [2.24, 2.45) is 0 Å². The molecule has 0 bridgehead atoms. The molecule has 0 amide bonds. The van der Waals surface area contributed by atoms with Gasteiger partial charge in [-0.05, 0) is 12.1 Å². The van der Waals surface area contributed by atoms with Gasteiger partial charge in [0.05, 0.1) is 10.9 Å². The van der Waals surface area contributed by atoms with Crippen LogP contribution >= 0.6 is 0 Å². The number of aromatic nitrogens is 2. The summed E-state index contributed by atoms with van der Waals surface area (Å²) in [5.74, 6) is -0.655. The molecule has 0 spiro atoms.